The number of anilines is 2. The van der Waals surface area contributed by atoms with Crippen molar-refractivity contribution in [3.05, 3.63) is 94.7 Å². The molecular weight excluding hydrogens is 493 g/mol. The van der Waals surface area contributed by atoms with Gasteiger partial charge in [-0.25, -0.2) is 4.98 Å². The Kier molecular flexibility index (Phi) is 8.83. The average Bonchev–Trinajstić information content (AvgIpc) is 2.84. The Morgan fingerprint density at radius 1 is 1.08 bits per heavy atom. The summed E-state index contributed by atoms with van der Waals surface area (Å²) in [7, 11) is 1.43. The molecule has 3 aromatic rings. The second kappa shape index (κ2) is 11.8. The van der Waals surface area contributed by atoms with Crippen LogP contribution in [0.5, 0.6) is 0 Å². The van der Waals surface area contributed by atoms with Gasteiger partial charge in [-0.1, -0.05) is 42.5 Å². The summed E-state index contributed by atoms with van der Waals surface area (Å²) in [6, 6.07) is 16.3. The summed E-state index contributed by atoms with van der Waals surface area (Å²) in [5.41, 5.74) is 2.13. The first-order valence-electron chi connectivity index (χ1n) is 10.8. The van der Waals surface area contributed by atoms with Gasteiger partial charge in [-0.2, -0.15) is 13.2 Å². The van der Waals surface area contributed by atoms with E-state index in [2.05, 4.69) is 15.6 Å². The van der Waals surface area contributed by atoms with E-state index in [0.717, 1.165) is 21.5 Å². The fourth-order valence-corrected chi connectivity index (χ4v) is 3.73. The van der Waals surface area contributed by atoms with Crippen LogP contribution in [0.2, 0.25) is 0 Å². The van der Waals surface area contributed by atoms with Crippen LogP contribution in [0.25, 0.3) is 6.08 Å². The highest BCUT2D eigenvalue weighted by Gasteiger charge is 2.33. The lowest BCUT2D eigenvalue weighted by Gasteiger charge is -2.23. The number of amides is 1. The number of pyridine rings is 1. The zero-order chi connectivity index (χ0) is 26.3. The number of carbonyl (C=O) groups excluding carboxylic acids is 1. The fourth-order valence-electron chi connectivity index (χ4n) is 3.36. The molecule has 3 rings (SSSR count). The fraction of sp³-hybridized carbons (Fsp3) is 0.200. The summed E-state index contributed by atoms with van der Waals surface area (Å²) in [6.07, 6.45) is -2.00. The number of aryl methyl sites for hydroxylation is 1. The number of nitrogens with one attached hydrogen (secondary N) is 2. The van der Waals surface area contributed by atoms with Gasteiger partial charge in [-0.05, 0) is 47.9 Å². The molecule has 1 aromatic heterocycles. The zero-order valence-electron chi connectivity index (χ0n) is 19.5. The minimum absolute atomic E-state index is 0.00354. The SMILES string of the molecule is Cc1cc(CNC(=O)C=Cc2ccc(C(F)(F)F)nc2NCc2ccccc2)ccc1N(C)S(=O)[O-]. The molecule has 0 saturated carbocycles. The van der Waals surface area contributed by atoms with Crippen LogP contribution in [0.3, 0.4) is 0 Å². The normalized spacial score (nSPS) is 12.4. The van der Waals surface area contributed by atoms with Crippen LogP contribution in [0.4, 0.5) is 24.7 Å². The second-order valence-corrected chi connectivity index (χ2v) is 8.84. The quantitative estimate of drug-likeness (QED) is 0.320. The van der Waals surface area contributed by atoms with Gasteiger partial charge in [0.25, 0.3) is 0 Å². The maximum absolute atomic E-state index is 13.2. The molecule has 2 N–H and O–H groups in total. The number of carbonyl (C=O) groups is 1. The van der Waals surface area contributed by atoms with Crippen molar-refractivity contribution < 1.29 is 26.7 Å². The molecular formula is C25H24F3N4O3S-. The maximum atomic E-state index is 13.2. The van der Waals surface area contributed by atoms with Crippen molar-refractivity contribution in [3.63, 3.8) is 0 Å². The van der Waals surface area contributed by atoms with Crippen LogP contribution >= 0.6 is 0 Å². The van der Waals surface area contributed by atoms with E-state index in [1.807, 2.05) is 30.3 Å². The van der Waals surface area contributed by atoms with E-state index in [4.69, 9.17) is 0 Å². The Labute approximate surface area is 209 Å². The average molecular weight is 518 g/mol. The number of alkyl halides is 3. The molecule has 2 aromatic carbocycles. The summed E-state index contributed by atoms with van der Waals surface area (Å²) in [4.78, 5) is 16.1. The molecule has 11 heteroatoms. The van der Waals surface area contributed by atoms with Crippen LogP contribution in [-0.2, 0) is 35.3 Å². The number of hydrogen-bond acceptors (Lipinski definition) is 5. The molecule has 1 unspecified atom stereocenters. The highest BCUT2D eigenvalue weighted by Crippen LogP contribution is 2.30. The van der Waals surface area contributed by atoms with E-state index in [-0.39, 0.29) is 18.9 Å². The van der Waals surface area contributed by atoms with E-state index in [0.29, 0.717) is 16.8 Å². The van der Waals surface area contributed by atoms with E-state index < -0.39 is 29.0 Å². The highest BCUT2D eigenvalue weighted by atomic mass is 32.2. The molecule has 0 bridgehead atoms. The first-order chi connectivity index (χ1) is 17.0. The highest BCUT2D eigenvalue weighted by molar-refractivity contribution is 7.80. The molecule has 1 heterocycles. The van der Waals surface area contributed by atoms with Gasteiger partial charge in [-0.15, -0.1) is 0 Å². The van der Waals surface area contributed by atoms with Crippen molar-refractivity contribution in [1.29, 1.82) is 0 Å². The largest absolute Gasteiger partial charge is 0.755 e. The molecule has 0 aliphatic rings. The van der Waals surface area contributed by atoms with Crippen LogP contribution in [0.1, 0.15) is 27.9 Å². The lowest BCUT2D eigenvalue weighted by molar-refractivity contribution is -0.141. The standard InChI is InChI=1S/C25H25F3N4O3S/c1-17-14-19(8-11-21(17)32(2)36(34)35)16-29-23(33)13-10-20-9-12-22(25(26,27)28)31-24(20)30-15-18-6-4-3-5-7-18/h3-14H,15-16H2,1-2H3,(H,29,33)(H,30,31)(H,34,35)/p-1. The van der Waals surface area contributed by atoms with Crippen LogP contribution in [-0.4, -0.2) is 26.7 Å². The Morgan fingerprint density at radius 3 is 2.44 bits per heavy atom. The zero-order valence-corrected chi connectivity index (χ0v) is 20.3. The van der Waals surface area contributed by atoms with Crippen LogP contribution in [0, 0.1) is 6.92 Å². The Hall–Kier alpha value is -3.70. The van der Waals surface area contributed by atoms with Crippen LogP contribution in [0.15, 0.2) is 66.7 Å². The van der Waals surface area contributed by atoms with Gasteiger partial charge in [0.1, 0.15) is 11.5 Å². The molecule has 36 heavy (non-hydrogen) atoms. The Balaban J connectivity index is 1.69. The lowest BCUT2D eigenvalue weighted by Crippen LogP contribution is -2.22. The maximum Gasteiger partial charge on any atom is 0.433 e. The third kappa shape index (κ3) is 7.40. The molecule has 1 amide bonds. The number of halogens is 3. The van der Waals surface area contributed by atoms with Crippen molar-refractivity contribution in [2.45, 2.75) is 26.2 Å². The number of aromatic nitrogens is 1. The Bertz CT molecular complexity index is 1270. The molecule has 190 valence electrons. The molecule has 7 nitrogen and oxygen atoms in total. The van der Waals surface area contributed by atoms with Crippen molar-refractivity contribution in [2.24, 2.45) is 0 Å². The van der Waals surface area contributed by atoms with Gasteiger partial charge in [0.05, 0.1) is 5.69 Å². The first kappa shape index (κ1) is 26.9. The molecule has 0 fully saturated rings. The molecule has 1 atom stereocenters. The smallest absolute Gasteiger partial charge is 0.433 e. The molecule has 0 spiro atoms. The summed E-state index contributed by atoms with van der Waals surface area (Å²) in [5, 5.41) is 5.61. The number of nitrogens with zero attached hydrogens (tertiary/aromatic N) is 2. The number of benzene rings is 2. The summed E-state index contributed by atoms with van der Waals surface area (Å²) in [6.45, 7) is 2.19. The van der Waals surface area contributed by atoms with Gasteiger partial charge >= 0.3 is 6.18 Å². The van der Waals surface area contributed by atoms with E-state index in [9.17, 15) is 26.7 Å². The van der Waals surface area contributed by atoms with Gasteiger partial charge in [0.15, 0.2) is 0 Å². The number of rotatable bonds is 9. The predicted molar refractivity (Wildman–Crippen MR) is 132 cm³/mol. The third-order valence-corrected chi connectivity index (χ3v) is 5.87. The molecule has 0 radical (unpaired) electrons. The molecule has 0 saturated heterocycles. The van der Waals surface area contributed by atoms with Crippen molar-refractivity contribution in [2.75, 3.05) is 16.7 Å². The minimum Gasteiger partial charge on any atom is -0.755 e. The topological polar surface area (TPSA) is 97.4 Å². The lowest BCUT2D eigenvalue weighted by atomic mass is 10.1. The Morgan fingerprint density at radius 2 is 1.81 bits per heavy atom. The molecule has 0 aliphatic heterocycles. The minimum atomic E-state index is -4.60. The van der Waals surface area contributed by atoms with E-state index in [1.54, 1.807) is 25.1 Å². The summed E-state index contributed by atoms with van der Waals surface area (Å²) in [5.74, 6) is -0.452. The third-order valence-electron chi connectivity index (χ3n) is 5.22. The van der Waals surface area contributed by atoms with Crippen molar-refractivity contribution in [3.8, 4) is 0 Å². The predicted octanol–water partition coefficient (Wildman–Crippen LogP) is 4.58. The van der Waals surface area contributed by atoms with E-state index in [1.165, 1.54) is 25.3 Å². The van der Waals surface area contributed by atoms with Gasteiger partial charge in [-0.3, -0.25) is 9.00 Å². The van der Waals surface area contributed by atoms with Crippen molar-refractivity contribution >= 4 is 34.8 Å². The second-order valence-electron chi connectivity index (χ2n) is 7.86. The van der Waals surface area contributed by atoms with E-state index >= 15 is 0 Å². The van der Waals surface area contributed by atoms with Crippen molar-refractivity contribution in [1.82, 2.24) is 10.3 Å². The summed E-state index contributed by atoms with van der Waals surface area (Å²) < 4.78 is 62.9. The van der Waals surface area contributed by atoms with Crippen LogP contribution < -0.4 is 14.9 Å². The van der Waals surface area contributed by atoms with Gasteiger partial charge in [0, 0.05) is 43.0 Å². The van der Waals surface area contributed by atoms with Gasteiger partial charge in [0.2, 0.25) is 5.91 Å². The monoisotopic (exact) mass is 517 g/mol. The first-order valence-corrected chi connectivity index (χ1v) is 11.8. The van der Waals surface area contributed by atoms with Gasteiger partial charge < -0.3 is 19.5 Å². The molecule has 0 aliphatic carbocycles. The number of hydrogen-bond donors (Lipinski definition) is 2. The summed E-state index contributed by atoms with van der Waals surface area (Å²) >= 11 is -2.40.